The molecule has 2 heterocycles. The summed E-state index contributed by atoms with van der Waals surface area (Å²) in [7, 11) is 2.71. The minimum atomic E-state index is -0.834. The summed E-state index contributed by atoms with van der Waals surface area (Å²) in [6.45, 7) is 3.79. The van der Waals surface area contributed by atoms with Crippen molar-refractivity contribution in [2.75, 3.05) is 14.2 Å². The molecule has 0 fully saturated rings. The number of nitrogens with one attached hydrogen (secondary N) is 1. The van der Waals surface area contributed by atoms with Crippen molar-refractivity contribution in [3.05, 3.63) is 87.9 Å². The van der Waals surface area contributed by atoms with Crippen LogP contribution >= 0.6 is 11.3 Å². The molecule has 6 nitrogen and oxygen atoms in total. The number of carbonyl (C=O) groups excluding carboxylic acids is 2. The predicted molar refractivity (Wildman–Crippen MR) is 127 cm³/mol. The summed E-state index contributed by atoms with van der Waals surface area (Å²) >= 11 is 1.42. The second-order valence-electron chi connectivity index (χ2n) is 8.14. The molecule has 170 valence electrons. The van der Waals surface area contributed by atoms with Gasteiger partial charge >= 0.3 is 11.9 Å². The Labute approximate surface area is 197 Å². The van der Waals surface area contributed by atoms with Gasteiger partial charge in [0, 0.05) is 16.6 Å². The molecule has 4 rings (SSSR count). The van der Waals surface area contributed by atoms with Crippen LogP contribution in [-0.4, -0.2) is 31.1 Å². The first-order valence-electron chi connectivity index (χ1n) is 10.6. The summed E-state index contributed by atoms with van der Waals surface area (Å²) in [5.41, 5.74) is 2.87. The maximum Gasteiger partial charge on any atom is 0.336 e. The van der Waals surface area contributed by atoms with Gasteiger partial charge in [0.2, 0.25) is 0 Å². The lowest BCUT2D eigenvalue weighted by Gasteiger charge is -2.46. The maximum absolute atomic E-state index is 13.3. The molecule has 0 saturated heterocycles. The average Bonchev–Trinajstić information content (AvgIpc) is 3.34. The van der Waals surface area contributed by atoms with E-state index in [9.17, 15) is 9.59 Å². The fourth-order valence-corrected chi connectivity index (χ4v) is 5.60. The van der Waals surface area contributed by atoms with Gasteiger partial charge in [-0.05, 0) is 19.4 Å². The number of hydrogen-bond acceptors (Lipinski definition) is 7. The molecule has 0 bridgehead atoms. The van der Waals surface area contributed by atoms with Crippen molar-refractivity contribution < 1.29 is 19.1 Å². The minimum absolute atomic E-state index is 0.385. The number of benzene rings is 2. The lowest BCUT2D eigenvalue weighted by molar-refractivity contribution is -0.150. The summed E-state index contributed by atoms with van der Waals surface area (Å²) in [5.74, 6) is -2.31. The summed E-state index contributed by atoms with van der Waals surface area (Å²) in [6.07, 6.45) is 0. The van der Waals surface area contributed by atoms with E-state index in [1.54, 1.807) is 0 Å². The zero-order chi connectivity index (χ0) is 23.6. The quantitative estimate of drug-likeness (QED) is 0.556. The summed E-state index contributed by atoms with van der Waals surface area (Å²) < 4.78 is 10.4. The molecule has 0 radical (unpaired) electrons. The molecule has 1 aliphatic rings. The number of carbonyl (C=O) groups is 2. The number of hydrogen-bond donors (Lipinski definition) is 1. The number of esters is 2. The van der Waals surface area contributed by atoms with Gasteiger partial charge in [-0.1, -0.05) is 60.7 Å². The smallest absolute Gasteiger partial charge is 0.336 e. The highest BCUT2D eigenvalue weighted by molar-refractivity contribution is 7.10. The molecular weight excluding hydrogens is 436 g/mol. The lowest BCUT2D eigenvalue weighted by atomic mass is 9.67. The molecule has 3 atom stereocenters. The van der Waals surface area contributed by atoms with Crippen molar-refractivity contribution in [2.24, 2.45) is 5.92 Å². The maximum atomic E-state index is 13.3. The SMILES string of the molecule is COC(=O)C1=C(C)NC(C)(c2ccccc2)C(C(=O)OC)C1c1nc(-c2ccccc2)cs1. The number of ether oxygens (including phenoxy) is 2. The molecule has 0 spiro atoms. The van der Waals surface area contributed by atoms with Gasteiger partial charge in [0.05, 0.1) is 42.9 Å². The van der Waals surface area contributed by atoms with Crippen molar-refractivity contribution in [3.8, 4) is 11.3 Å². The lowest BCUT2D eigenvalue weighted by Crippen LogP contribution is -2.55. The Morgan fingerprint density at radius 1 is 1.00 bits per heavy atom. The minimum Gasteiger partial charge on any atom is -0.469 e. The van der Waals surface area contributed by atoms with Crippen molar-refractivity contribution in [3.63, 3.8) is 0 Å². The van der Waals surface area contributed by atoms with Crippen molar-refractivity contribution in [1.29, 1.82) is 0 Å². The highest BCUT2D eigenvalue weighted by atomic mass is 32.1. The van der Waals surface area contributed by atoms with E-state index in [4.69, 9.17) is 14.5 Å². The first-order chi connectivity index (χ1) is 15.9. The van der Waals surface area contributed by atoms with Crippen LogP contribution < -0.4 is 5.32 Å². The molecule has 1 aromatic heterocycles. The molecule has 0 aliphatic carbocycles. The summed E-state index contributed by atoms with van der Waals surface area (Å²) in [4.78, 5) is 31.1. The number of allylic oxidation sites excluding steroid dienone is 1. The van der Waals surface area contributed by atoms with Gasteiger partial charge in [-0.3, -0.25) is 4.79 Å². The van der Waals surface area contributed by atoms with Crippen LogP contribution in [0.15, 0.2) is 77.3 Å². The largest absolute Gasteiger partial charge is 0.469 e. The van der Waals surface area contributed by atoms with E-state index in [2.05, 4.69) is 5.32 Å². The normalized spacial score (nSPS) is 22.4. The Balaban J connectivity index is 1.93. The first-order valence-corrected chi connectivity index (χ1v) is 11.5. The highest BCUT2D eigenvalue weighted by Crippen LogP contribution is 2.49. The number of thiazole rings is 1. The van der Waals surface area contributed by atoms with Gasteiger partial charge in [0.15, 0.2) is 0 Å². The van der Waals surface area contributed by atoms with Crippen molar-refractivity contribution in [1.82, 2.24) is 10.3 Å². The van der Waals surface area contributed by atoms with Crippen molar-refractivity contribution >= 4 is 23.3 Å². The van der Waals surface area contributed by atoms with Crippen LogP contribution in [0.5, 0.6) is 0 Å². The monoisotopic (exact) mass is 462 g/mol. The summed E-state index contributed by atoms with van der Waals surface area (Å²) in [5, 5.41) is 6.04. The Morgan fingerprint density at radius 3 is 2.24 bits per heavy atom. The molecular formula is C26H26N2O4S. The standard InChI is InChI=1S/C26H26N2O4S/c1-16-20(24(29)31-3)21(23-27-19(15-33-23)17-11-7-5-8-12-17)22(25(30)32-4)26(2,28-16)18-13-9-6-10-14-18/h5-15,21-22,28H,1-4H3. The van der Waals surface area contributed by atoms with Gasteiger partial charge in [-0.25, -0.2) is 9.78 Å². The Morgan fingerprint density at radius 2 is 1.64 bits per heavy atom. The van der Waals surface area contributed by atoms with Gasteiger partial charge < -0.3 is 14.8 Å². The van der Waals surface area contributed by atoms with Crippen LogP contribution in [0.4, 0.5) is 0 Å². The molecule has 3 unspecified atom stereocenters. The molecule has 7 heteroatoms. The zero-order valence-electron chi connectivity index (χ0n) is 19.0. The van der Waals surface area contributed by atoms with Crippen LogP contribution in [0.25, 0.3) is 11.3 Å². The zero-order valence-corrected chi connectivity index (χ0v) is 19.8. The van der Waals surface area contributed by atoms with E-state index in [0.29, 0.717) is 16.3 Å². The molecule has 33 heavy (non-hydrogen) atoms. The molecule has 0 amide bonds. The summed E-state index contributed by atoms with van der Waals surface area (Å²) in [6, 6.07) is 19.5. The van der Waals surface area contributed by atoms with Crippen molar-refractivity contribution in [2.45, 2.75) is 25.3 Å². The van der Waals surface area contributed by atoms with Crippen LogP contribution in [0.3, 0.4) is 0 Å². The second kappa shape index (κ2) is 9.19. The molecule has 0 saturated carbocycles. The van der Waals surface area contributed by atoms with E-state index in [-0.39, 0.29) is 0 Å². The van der Waals surface area contributed by atoms with Gasteiger partial charge in [-0.15, -0.1) is 11.3 Å². The van der Waals surface area contributed by atoms with Gasteiger partial charge in [-0.2, -0.15) is 0 Å². The van der Waals surface area contributed by atoms with E-state index < -0.39 is 29.3 Å². The second-order valence-corrected chi connectivity index (χ2v) is 9.03. The van der Waals surface area contributed by atoms with E-state index in [1.807, 2.05) is 79.9 Å². The van der Waals surface area contributed by atoms with Gasteiger partial charge in [0.25, 0.3) is 0 Å². The Kier molecular flexibility index (Phi) is 6.33. The van der Waals surface area contributed by atoms with Crippen LogP contribution in [0.1, 0.15) is 30.3 Å². The number of aromatic nitrogens is 1. The number of rotatable bonds is 5. The van der Waals surface area contributed by atoms with Crippen LogP contribution in [0.2, 0.25) is 0 Å². The Bertz CT molecular complexity index is 1190. The van der Waals surface area contributed by atoms with Crippen LogP contribution in [-0.2, 0) is 24.6 Å². The fraction of sp³-hybridized carbons (Fsp3) is 0.269. The first kappa shape index (κ1) is 22.7. The van der Waals surface area contributed by atoms with E-state index in [0.717, 1.165) is 16.8 Å². The average molecular weight is 463 g/mol. The number of nitrogens with zero attached hydrogens (tertiary/aromatic N) is 1. The molecule has 1 aliphatic heterocycles. The van der Waals surface area contributed by atoms with Gasteiger partial charge in [0.1, 0.15) is 5.01 Å². The molecule has 2 aromatic carbocycles. The van der Waals surface area contributed by atoms with Crippen LogP contribution in [0, 0.1) is 5.92 Å². The van der Waals surface area contributed by atoms with E-state index >= 15 is 0 Å². The molecule has 1 N–H and O–H groups in total. The fourth-order valence-electron chi connectivity index (χ4n) is 4.63. The van der Waals surface area contributed by atoms with E-state index in [1.165, 1.54) is 25.6 Å². The number of methoxy groups -OCH3 is 2. The molecule has 3 aromatic rings. The third-order valence-corrected chi connectivity index (χ3v) is 7.14. The third kappa shape index (κ3) is 4.04. The predicted octanol–water partition coefficient (Wildman–Crippen LogP) is 4.65. The Hall–Kier alpha value is -3.45. The third-order valence-electron chi connectivity index (χ3n) is 6.21. The highest BCUT2D eigenvalue weighted by Gasteiger charge is 2.53. The topological polar surface area (TPSA) is 77.5 Å².